The maximum atomic E-state index is 12.0. The van der Waals surface area contributed by atoms with Gasteiger partial charge in [-0.15, -0.1) is 0 Å². The van der Waals surface area contributed by atoms with E-state index in [0.29, 0.717) is 11.5 Å². The second kappa shape index (κ2) is 5.60. The average Bonchev–Trinajstić information content (AvgIpc) is 3.03. The third kappa shape index (κ3) is 3.05. The number of aryl methyl sites for hydroxylation is 1. The first-order valence-electron chi connectivity index (χ1n) is 6.07. The Bertz CT molecular complexity index is 629. The number of aromatic nitrogens is 2. The van der Waals surface area contributed by atoms with E-state index >= 15 is 0 Å². The second-order valence-electron chi connectivity index (χ2n) is 4.45. The van der Waals surface area contributed by atoms with E-state index in [9.17, 15) is 9.59 Å². The Morgan fingerprint density at radius 1 is 1.45 bits per heavy atom. The smallest absolute Gasteiger partial charge is 0.305 e. The molecule has 2 aromatic rings. The lowest BCUT2D eigenvalue weighted by Gasteiger charge is -2.13. The molecule has 0 aliphatic heterocycles. The van der Waals surface area contributed by atoms with Crippen LogP contribution in [0.3, 0.4) is 0 Å². The lowest BCUT2D eigenvalue weighted by Crippen LogP contribution is -2.29. The molecule has 0 spiro atoms. The zero-order valence-electron chi connectivity index (χ0n) is 11.2. The summed E-state index contributed by atoms with van der Waals surface area (Å²) in [5, 5.41) is 15.3. The van der Waals surface area contributed by atoms with Gasteiger partial charge in [0.05, 0.1) is 6.42 Å². The first-order valence-corrected chi connectivity index (χ1v) is 6.07. The van der Waals surface area contributed by atoms with E-state index in [1.54, 1.807) is 12.1 Å². The van der Waals surface area contributed by atoms with Crippen LogP contribution in [0.4, 0.5) is 0 Å². The van der Waals surface area contributed by atoms with Gasteiger partial charge in [-0.25, -0.2) is 0 Å². The van der Waals surface area contributed by atoms with Crippen molar-refractivity contribution in [3.8, 4) is 11.5 Å². The molecule has 2 heterocycles. The van der Waals surface area contributed by atoms with Crippen molar-refractivity contribution >= 4 is 11.9 Å². The molecule has 0 atom stereocenters. The molecule has 20 heavy (non-hydrogen) atoms. The highest BCUT2D eigenvalue weighted by Crippen LogP contribution is 2.20. The standard InChI is InChI=1S/C13H15N3O4/c1-8-3-4-11(20-8)9-7-10(15-14-9)13(19)16(2)6-5-12(17)18/h3-4,7H,5-6H2,1-2H3,(H,14,15)(H,17,18). The van der Waals surface area contributed by atoms with Crippen molar-refractivity contribution in [2.75, 3.05) is 13.6 Å². The first kappa shape index (κ1) is 13.9. The van der Waals surface area contributed by atoms with Crippen LogP contribution in [-0.2, 0) is 4.79 Å². The van der Waals surface area contributed by atoms with Crippen LogP contribution in [0.5, 0.6) is 0 Å². The fourth-order valence-electron chi connectivity index (χ4n) is 1.70. The van der Waals surface area contributed by atoms with Crippen molar-refractivity contribution in [2.45, 2.75) is 13.3 Å². The summed E-state index contributed by atoms with van der Waals surface area (Å²) < 4.78 is 5.43. The molecule has 0 unspecified atom stereocenters. The number of amides is 1. The Labute approximate surface area is 115 Å². The van der Waals surface area contributed by atoms with Gasteiger partial charge in [-0.05, 0) is 19.1 Å². The highest BCUT2D eigenvalue weighted by atomic mass is 16.4. The predicted octanol–water partition coefficient (Wildman–Crippen LogP) is 1.52. The van der Waals surface area contributed by atoms with E-state index in [4.69, 9.17) is 9.52 Å². The molecule has 0 saturated carbocycles. The third-order valence-corrected chi connectivity index (χ3v) is 2.81. The van der Waals surface area contributed by atoms with Crippen molar-refractivity contribution in [3.05, 3.63) is 29.7 Å². The number of hydrogen-bond acceptors (Lipinski definition) is 4. The Balaban J connectivity index is 2.08. The van der Waals surface area contributed by atoms with Crippen LogP contribution >= 0.6 is 0 Å². The molecule has 106 valence electrons. The highest BCUT2D eigenvalue weighted by molar-refractivity contribution is 5.93. The molecular formula is C13H15N3O4. The van der Waals surface area contributed by atoms with Gasteiger partial charge in [0.25, 0.3) is 5.91 Å². The molecule has 0 aliphatic rings. The molecule has 1 amide bonds. The van der Waals surface area contributed by atoms with Crippen LogP contribution in [0.25, 0.3) is 11.5 Å². The van der Waals surface area contributed by atoms with Gasteiger partial charge < -0.3 is 14.4 Å². The normalized spacial score (nSPS) is 10.5. The number of aliphatic carboxylic acids is 1. The SMILES string of the molecule is Cc1ccc(-c2cc(C(=O)N(C)CCC(=O)O)n[nH]2)o1. The topological polar surface area (TPSA) is 99.4 Å². The summed E-state index contributed by atoms with van der Waals surface area (Å²) in [7, 11) is 1.54. The number of carboxylic acid groups (broad SMARTS) is 1. The van der Waals surface area contributed by atoms with Gasteiger partial charge in [0.15, 0.2) is 11.5 Å². The molecule has 2 rings (SSSR count). The first-order chi connectivity index (χ1) is 9.47. The van der Waals surface area contributed by atoms with E-state index in [-0.39, 0.29) is 24.6 Å². The number of rotatable bonds is 5. The van der Waals surface area contributed by atoms with Gasteiger partial charge in [0, 0.05) is 19.7 Å². The van der Waals surface area contributed by atoms with Crippen LogP contribution < -0.4 is 0 Å². The lowest BCUT2D eigenvalue weighted by atomic mass is 10.2. The summed E-state index contributed by atoms with van der Waals surface area (Å²) in [6, 6.07) is 5.18. The largest absolute Gasteiger partial charge is 0.481 e. The van der Waals surface area contributed by atoms with Crippen LogP contribution in [0.15, 0.2) is 22.6 Å². The number of H-pyrrole nitrogens is 1. The predicted molar refractivity (Wildman–Crippen MR) is 70.2 cm³/mol. The van der Waals surface area contributed by atoms with E-state index in [1.165, 1.54) is 11.9 Å². The Kier molecular flexibility index (Phi) is 3.88. The zero-order valence-corrected chi connectivity index (χ0v) is 11.2. The van der Waals surface area contributed by atoms with Gasteiger partial charge in [0.2, 0.25) is 0 Å². The average molecular weight is 277 g/mol. The fraction of sp³-hybridized carbons (Fsp3) is 0.308. The molecular weight excluding hydrogens is 262 g/mol. The number of nitrogens with one attached hydrogen (secondary N) is 1. The number of furan rings is 1. The number of carbonyl (C=O) groups is 2. The number of hydrogen-bond donors (Lipinski definition) is 2. The Morgan fingerprint density at radius 3 is 2.80 bits per heavy atom. The maximum absolute atomic E-state index is 12.0. The number of aromatic amines is 1. The molecule has 0 saturated heterocycles. The molecule has 0 fully saturated rings. The van der Waals surface area contributed by atoms with Crippen molar-refractivity contribution in [1.29, 1.82) is 0 Å². The minimum Gasteiger partial charge on any atom is -0.481 e. The lowest BCUT2D eigenvalue weighted by molar-refractivity contribution is -0.137. The third-order valence-electron chi connectivity index (χ3n) is 2.81. The van der Waals surface area contributed by atoms with Crippen LogP contribution in [0.2, 0.25) is 0 Å². The summed E-state index contributed by atoms with van der Waals surface area (Å²) in [6.07, 6.45) is -0.100. The number of nitrogens with zero attached hydrogens (tertiary/aromatic N) is 2. The van der Waals surface area contributed by atoms with Crippen LogP contribution in [0.1, 0.15) is 22.7 Å². The van der Waals surface area contributed by atoms with E-state index in [0.717, 1.165) is 5.76 Å². The summed E-state index contributed by atoms with van der Waals surface area (Å²) >= 11 is 0. The molecule has 0 bridgehead atoms. The summed E-state index contributed by atoms with van der Waals surface area (Å²) in [5.74, 6) is 0.0822. The van der Waals surface area contributed by atoms with Gasteiger partial charge in [0.1, 0.15) is 11.5 Å². The highest BCUT2D eigenvalue weighted by Gasteiger charge is 2.17. The molecule has 7 nitrogen and oxygen atoms in total. The molecule has 0 aromatic carbocycles. The molecule has 2 aromatic heterocycles. The van der Waals surface area contributed by atoms with Crippen molar-refractivity contribution in [2.24, 2.45) is 0 Å². The number of carbonyl (C=O) groups excluding carboxylic acids is 1. The van der Waals surface area contributed by atoms with Gasteiger partial charge in [-0.1, -0.05) is 0 Å². The molecule has 0 radical (unpaired) electrons. The van der Waals surface area contributed by atoms with E-state index in [1.807, 2.05) is 13.0 Å². The Morgan fingerprint density at radius 2 is 2.20 bits per heavy atom. The zero-order chi connectivity index (χ0) is 14.7. The van der Waals surface area contributed by atoms with Crippen molar-refractivity contribution in [1.82, 2.24) is 15.1 Å². The monoisotopic (exact) mass is 277 g/mol. The molecule has 2 N–H and O–H groups in total. The van der Waals surface area contributed by atoms with Crippen LogP contribution in [0, 0.1) is 6.92 Å². The van der Waals surface area contributed by atoms with Gasteiger partial charge >= 0.3 is 5.97 Å². The van der Waals surface area contributed by atoms with Gasteiger partial charge in [-0.2, -0.15) is 5.10 Å². The van der Waals surface area contributed by atoms with Crippen molar-refractivity contribution in [3.63, 3.8) is 0 Å². The minimum atomic E-state index is -0.946. The minimum absolute atomic E-state index is 0.100. The second-order valence-corrected chi connectivity index (χ2v) is 4.45. The van der Waals surface area contributed by atoms with E-state index in [2.05, 4.69) is 10.2 Å². The van der Waals surface area contributed by atoms with Crippen LogP contribution in [-0.4, -0.2) is 45.7 Å². The summed E-state index contributed by atoms with van der Waals surface area (Å²) in [4.78, 5) is 23.8. The fourth-order valence-corrected chi connectivity index (χ4v) is 1.70. The van der Waals surface area contributed by atoms with Gasteiger partial charge in [-0.3, -0.25) is 14.7 Å². The Hall–Kier alpha value is -2.57. The summed E-state index contributed by atoms with van der Waals surface area (Å²) in [6.45, 7) is 1.96. The summed E-state index contributed by atoms with van der Waals surface area (Å²) in [5.41, 5.74) is 0.829. The molecule has 7 heteroatoms. The molecule has 0 aliphatic carbocycles. The van der Waals surface area contributed by atoms with E-state index < -0.39 is 5.97 Å². The maximum Gasteiger partial charge on any atom is 0.305 e. The van der Waals surface area contributed by atoms with Crippen molar-refractivity contribution < 1.29 is 19.1 Å². The number of carboxylic acids is 1. The quantitative estimate of drug-likeness (QED) is 0.863.